The number of ether oxygens (including phenoxy) is 2. The first-order chi connectivity index (χ1) is 32.4. The Bertz CT molecular complexity index is 2600. The lowest BCUT2D eigenvalue weighted by Gasteiger charge is -2.49. The van der Waals surface area contributed by atoms with Gasteiger partial charge in [-0.25, -0.2) is 14.6 Å². The number of carbonyl (C=O) groups is 4. The maximum absolute atomic E-state index is 14.5. The van der Waals surface area contributed by atoms with E-state index in [2.05, 4.69) is 15.8 Å². The molecule has 5 aromatic carbocycles. The maximum Gasteiger partial charge on any atom is 0.410 e. The summed E-state index contributed by atoms with van der Waals surface area (Å²) in [5, 5.41) is 21.4. The first-order valence-corrected chi connectivity index (χ1v) is 23.6. The summed E-state index contributed by atoms with van der Waals surface area (Å²) in [7, 11) is 0. The first-order valence-electron chi connectivity index (χ1n) is 21.7. The van der Waals surface area contributed by atoms with Gasteiger partial charge in [-0.15, -0.1) is 23.1 Å². The van der Waals surface area contributed by atoms with Crippen LogP contribution in [0, 0.1) is 0 Å². The second kappa shape index (κ2) is 19.9. The predicted molar refractivity (Wildman–Crippen MR) is 253 cm³/mol. The number of anilines is 1. The van der Waals surface area contributed by atoms with Crippen LogP contribution in [0.4, 0.5) is 9.93 Å². The fraction of sp³-hybridized carbons (Fsp3) is 0.216. The number of aromatic nitrogens is 1. The number of piperidine rings is 1. The number of hydrogen-bond donors (Lipinski definition) is 3. The van der Waals surface area contributed by atoms with Crippen molar-refractivity contribution in [1.29, 1.82) is 0 Å². The van der Waals surface area contributed by atoms with Crippen LogP contribution >= 0.6 is 23.1 Å². The molecule has 3 aliphatic rings. The Hall–Kier alpha value is -7.23. The summed E-state index contributed by atoms with van der Waals surface area (Å²) in [6.45, 7) is 0.932. The molecule has 6 aromatic rings. The number of likely N-dealkylation sites (tertiary alicyclic amines) is 1. The number of thiazole rings is 1. The van der Waals surface area contributed by atoms with Crippen molar-refractivity contribution in [1.82, 2.24) is 20.1 Å². The molecule has 3 amide bonds. The fourth-order valence-corrected chi connectivity index (χ4v) is 10.7. The topological polar surface area (TPSA) is 163 Å². The van der Waals surface area contributed by atoms with Crippen molar-refractivity contribution in [2.45, 2.75) is 42.3 Å². The molecular formula is C51H46N6O7S2. The Morgan fingerprint density at radius 1 is 0.773 bits per heavy atom. The minimum absolute atomic E-state index is 0.0393. The van der Waals surface area contributed by atoms with Crippen molar-refractivity contribution in [2.75, 3.05) is 30.8 Å². The molecule has 2 saturated heterocycles. The molecule has 9 rings (SSSR count). The van der Waals surface area contributed by atoms with E-state index in [4.69, 9.17) is 14.5 Å². The van der Waals surface area contributed by atoms with E-state index in [0.717, 1.165) is 47.1 Å². The smallest absolute Gasteiger partial charge is 0.410 e. The largest absolute Gasteiger partial charge is 0.448 e. The molecule has 4 heterocycles. The van der Waals surface area contributed by atoms with Crippen LogP contribution in [0.1, 0.15) is 58.9 Å². The Labute approximate surface area is 390 Å². The molecule has 0 unspecified atom stereocenters. The molecule has 2 atom stereocenters. The number of thioether (sulfide) groups is 1. The molecule has 3 N–H and O–H groups in total. The van der Waals surface area contributed by atoms with Crippen LogP contribution in [0.25, 0.3) is 0 Å². The molecule has 334 valence electrons. The van der Waals surface area contributed by atoms with Crippen LogP contribution < -0.4 is 10.6 Å². The maximum atomic E-state index is 14.5. The highest BCUT2D eigenvalue weighted by atomic mass is 32.2. The van der Waals surface area contributed by atoms with Crippen molar-refractivity contribution in [3.05, 3.63) is 202 Å². The van der Waals surface area contributed by atoms with Gasteiger partial charge in [-0.2, -0.15) is 0 Å². The van der Waals surface area contributed by atoms with Gasteiger partial charge in [0.25, 0.3) is 11.8 Å². The summed E-state index contributed by atoms with van der Waals surface area (Å²) < 4.78 is 12.0. The van der Waals surface area contributed by atoms with Crippen LogP contribution in [0.5, 0.6) is 0 Å². The van der Waals surface area contributed by atoms with Crippen molar-refractivity contribution >= 4 is 57.8 Å². The quantitative estimate of drug-likeness (QED) is 0.0242. The van der Waals surface area contributed by atoms with Crippen molar-refractivity contribution < 1.29 is 33.9 Å². The highest BCUT2D eigenvalue weighted by molar-refractivity contribution is 8.00. The minimum Gasteiger partial charge on any atom is -0.448 e. The number of fused-ring (bicyclic) bond motifs is 1. The highest BCUT2D eigenvalue weighted by Gasteiger charge is 2.55. The predicted octanol–water partition coefficient (Wildman–Crippen LogP) is 8.33. The monoisotopic (exact) mass is 918 g/mol. The number of oxime groups is 1. The van der Waals surface area contributed by atoms with E-state index in [-0.39, 0.29) is 23.8 Å². The van der Waals surface area contributed by atoms with Crippen LogP contribution in [-0.2, 0) is 29.4 Å². The minimum atomic E-state index is -1.10. The van der Waals surface area contributed by atoms with E-state index in [9.17, 15) is 24.4 Å². The van der Waals surface area contributed by atoms with Crippen LogP contribution in [0.15, 0.2) is 173 Å². The van der Waals surface area contributed by atoms with Gasteiger partial charge < -0.3 is 30.2 Å². The molecule has 0 aliphatic carbocycles. The number of nitrogens with one attached hydrogen (secondary N) is 2. The van der Waals surface area contributed by atoms with Gasteiger partial charge in [0.05, 0.1) is 0 Å². The van der Waals surface area contributed by atoms with Gasteiger partial charge in [0, 0.05) is 29.8 Å². The van der Waals surface area contributed by atoms with E-state index in [1.165, 1.54) is 28.0 Å². The Kier molecular flexibility index (Phi) is 13.3. The number of carbonyl (C=O) groups excluding carboxylic acids is 4. The number of β-lactam (4-membered cyclic amide) rings is 1. The van der Waals surface area contributed by atoms with Gasteiger partial charge in [0.2, 0.25) is 0 Å². The summed E-state index contributed by atoms with van der Waals surface area (Å²) in [5.41, 5.74) is 3.43. The number of nitrogens with zero attached hydrogens (tertiary/aromatic N) is 4. The average molecular weight is 919 g/mol. The van der Waals surface area contributed by atoms with Gasteiger partial charge in [-0.3, -0.25) is 14.5 Å². The SMILES string of the molecule is O=C(OC(c1ccccc1)c1ccccc1)C1=C(COC(=O)N2CCCCC2)CS[C@@H]2[C@H](NC(=O)/C(=N\O)c3csc(NC(c4ccccc4)(c4ccccc4)c4ccccc4)n3)C(=O)N12. The molecule has 0 radical (unpaired) electrons. The summed E-state index contributed by atoms with van der Waals surface area (Å²) in [6.07, 6.45) is 1.49. The van der Waals surface area contributed by atoms with E-state index in [1.807, 2.05) is 152 Å². The molecule has 0 saturated carbocycles. The molecule has 13 nitrogen and oxygen atoms in total. The molecule has 0 bridgehead atoms. The van der Waals surface area contributed by atoms with Gasteiger partial charge in [-0.1, -0.05) is 157 Å². The van der Waals surface area contributed by atoms with Gasteiger partial charge in [0.15, 0.2) is 16.9 Å². The third kappa shape index (κ3) is 8.91. The Balaban J connectivity index is 0.964. The molecule has 0 spiro atoms. The first kappa shape index (κ1) is 44.0. The standard InChI is InChI=1S/C51H46N6O7S2/c58-45(41(55-62)40-33-66-49(52-40)54-51(37-23-11-3-12-24-37,38-25-13-4-14-26-38)39-27-15-5-16-28-39)53-42-46(59)57-43(36(32-65-47(42)57)31-63-50(61)56-29-17-6-18-30-56)48(60)64-44(34-19-7-1-8-20-34)35-21-9-2-10-22-35/h1-5,7-16,19-28,33,42,44,47,62H,6,17-18,29-32H2,(H,52,54)(H,53,58)/b55-41-/t42-,47-/m1/s1. The summed E-state index contributed by atoms with van der Waals surface area (Å²) in [5.74, 6) is -2.00. The van der Waals surface area contributed by atoms with Gasteiger partial charge in [-0.05, 0) is 47.1 Å². The average Bonchev–Trinajstić information content (AvgIpc) is 3.84. The van der Waals surface area contributed by atoms with Crippen LogP contribution in [0.3, 0.4) is 0 Å². The molecule has 1 aromatic heterocycles. The van der Waals surface area contributed by atoms with E-state index >= 15 is 0 Å². The second-order valence-corrected chi connectivity index (χ2v) is 17.9. The van der Waals surface area contributed by atoms with Crippen LogP contribution in [-0.4, -0.2) is 86.4 Å². The normalized spacial score (nSPS) is 17.4. The third-order valence-corrected chi connectivity index (χ3v) is 14.0. The second-order valence-electron chi connectivity index (χ2n) is 16.0. The number of hydrogen-bond acceptors (Lipinski definition) is 12. The Morgan fingerprint density at radius 2 is 1.30 bits per heavy atom. The Morgan fingerprint density at radius 3 is 1.83 bits per heavy atom. The number of rotatable bonds is 14. The summed E-state index contributed by atoms with van der Waals surface area (Å²) in [4.78, 5) is 63.6. The highest BCUT2D eigenvalue weighted by Crippen LogP contribution is 2.43. The lowest BCUT2D eigenvalue weighted by atomic mass is 9.77. The fourth-order valence-electron chi connectivity index (χ4n) is 8.65. The van der Waals surface area contributed by atoms with Crippen molar-refractivity contribution in [3.63, 3.8) is 0 Å². The zero-order chi connectivity index (χ0) is 45.5. The lowest BCUT2D eigenvalue weighted by Crippen LogP contribution is -2.71. The van der Waals surface area contributed by atoms with Gasteiger partial charge in [0.1, 0.15) is 35.0 Å². The van der Waals surface area contributed by atoms with Crippen LogP contribution in [0.2, 0.25) is 0 Å². The molecule has 2 fully saturated rings. The van der Waals surface area contributed by atoms with E-state index in [1.54, 1.807) is 10.3 Å². The molecule has 3 aliphatic heterocycles. The van der Waals surface area contributed by atoms with Gasteiger partial charge >= 0.3 is 12.1 Å². The molecule has 15 heteroatoms. The number of amides is 3. The molecule has 66 heavy (non-hydrogen) atoms. The summed E-state index contributed by atoms with van der Waals surface area (Å²) >= 11 is 2.54. The third-order valence-electron chi connectivity index (χ3n) is 11.9. The lowest BCUT2D eigenvalue weighted by molar-refractivity contribution is -0.154. The summed E-state index contributed by atoms with van der Waals surface area (Å²) in [6, 6.07) is 47.4. The van der Waals surface area contributed by atoms with E-state index in [0.29, 0.717) is 23.8 Å². The zero-order valence-corrected chi connectivity index (χ0v) is 37.3. The van der Waals surface area contributed by atoms with Crippen molar-refractivity contribution in [3.8, 4) is 0 Å². The van der Waals surface area contributed by atoms with E-state index < -0.39 is 52.6 Å². The van der Waals surface area contributed by atoms with Crippen molar-refractivity contribution in [2.24, 2.45) is 5.16 Å². The molecular weight excluding hydrogens is 873 g/mol. The number of benzene rings is 5. The zero-order valence-electron chi connectivity index (χ0n) is 35.7. The number of esters is 1.